The highest BCUT2D eigenvalue weighted by molar-refractivity contribution is 5.68. The average Bonchev–Trinajstić information content (AvgIpc) is 2.89. The van der Waals surface area contributed by atoms with Crippen LogP contribution in [-0.4, -0.2) is 80.4 Å². The highest BCUT2D eigenvalue weighted by atomic mass is 16.5. The fraction of sp³-hybridized carbons (Fsp3) is 0.538. The van der Waals surface area contributed by atoms with Crippen LogP contribution in [-0.2, 0) is 24.2 Å². The maximum Gasteiger partial charge on any atom is 0.149 e. The molecule has 7 nitrogen and oxygen atoms in total. The van der Waals surface area contributed by atoms with Crippen molar-refractivity contribution in [1.29, 1.82) is 5.26 Å². The molecular weight excluding hydrogens is 412 g/mol. The number of nitriles is 1. The number of fused-ring (bicyclic) bond motifs is 1. The van der Waals surface area contributed by atoms with E-state index >= 15 is 0 Å². The molecule has 0 unspecified atom stereocenters. The molecule has 0 spiro atoms. The van der Waals surface area contributed by atoms with Gasteiger partial charge in [0.1, 0.15) is 17.7 Å². The lowest BCUT2D eigenvalue weighted by atomic mass is 9.94. The Morgan fingerprint density at radius 3 is 2.30 bits per heavy atom. The second-order valence-corrected chi connectivity index (χ2v) is 9.17. The number of hydrogen-bond acceptors (Lipinski definition) is 7. The number of benzene rings is 1. The predicted octanol–water partition coefficient (Wildman–Crippen LogP) is 2.49. The Kier molecular flexibility index (Phi) is 6.77. The Morgan fingerprint density at radius 2 is 1.61 bits per heavy atom. The summed E-state index contributed by atoms with van der Waals surface area (Å²) in [6.45, 7) is 13.1. The number of piperazine rings is 1. The molecule has 2 fully saturated rings. The summed E-state index contributed by atoms with van der Waals surface area (Å²) in [4.78, 5) is 14.9. The summed E-state index contributed by atoms with van der Waals surface area (Å²) in [5.74, 6) is 1.96. The van der Waals surface area contributed by atoms with Gasteiger partial charge >= 0.3 is 0 Å². The molecule has 2 saturated heterocycles. The first kappa shape index (κ1) is 22.1. The Morgan fingerprint density at radius 1 is 0.879 bits per heavy atom. The number of ether oxygens (including phenoxy) is 1. The molecule has 0 N–H and O–H groups in total. The summed E-state index contributed by atoms with van der Waals surface area (Å²) in [7, 11) is 0. The van der Waals surface area contributed by atoms with Crippen molar-refractivity contribution >= 4 is 11.6 Å². The molecule has 3 aliphatic heterocycles. The van der Waals surface area contributed by atoms with Crippen molar-refractivity contribution in [1.82, 2.24) is 14.8 Å². The van der Waals surface area contributed by atoms with Crippen molar-refractivity contribution in [2.24, 2.45) is 0 Å². The van der Waals surface area contributed by atoms with E-state index in [1.165, 1.54) is 16.7 Å². The zero-order valence-corrected chi connectivity index (χ0v) is 19.7. The van der Waals surface area contributed by atoms with Gasteiger partial charge in [0.15, 0.2) is 0 Å². The first-order valence-corrected chi connectivity index (χ1v) is 12.3. The van der Waals surface area contributed by atoms with Crippen molar-refractivity contribution in [2.45, 2.75) is 26.4 Å². The van der Waals surface area contributed by atoms with Gasteiger partial charge in [0.25, 0.3) is 0 Å². The van der Waals surface area contributed by atoms with Crippen LogP contribution in [0.1, 0.15) is 29.2 Å². The Hall–Kier alpha value is -2.66. The van der Waals surface area contributed by atoms with E-state index in [2.05, 4.69) is 62.9 Å². The molecule has 0 bridgehead atoms. The first-order chi connectivity index (χ1) is 16.3. The second kappa shape index (κ2) is 10.1. The molecule has 0 atom stereocenters. The van der Waals surface area contributed by atoms with Crippen molar-refractivity contribution < 1.29 is 4.74 Å². The van der Waals surface area contributed by atoms with Crippen LogP contribution in [0.15, 0.2) is 30.3 Å². The van der Waals surface area contributed by atoms with Crippen LogP contribution >= 0.6 is 0 Å². The molecule has 33 heavy (non-hydrogen) atoms. The Bertz CT molecular complexity index is 990. The van der Waals surface area contributed by atoms with E-state index in [-0.39, 0.29) is 0 Å². The lowest BCUT2D eigenvalue weighted by molar-refractivity contribution is 0.122. The predicted molar refractivity (Wildman–Crippen MR) is 131 cm³/mol. The normalized spacial score (nSPS) is 19.9. The molecule has 4 heterocycles. The molecule has 0 saturated carbocycles. The number of likely N-dealkylation sites (N-methyl/N-ethyl adjacent to an activating group) is 1. The smallest absolute Gasteiger partial charge is 0.149 e. The molecule has 174 valence electrons. The summed E-state index contributed by atoms with van der Waals surface area (Å²) >= 11 is 0. The van der Waals surface area contributed by atoms with Crippen molar-refractivity contribution in [3.8, 4) is 6.07 Å². The SMILES string of the molecule is CCN1CCN(c2nc(N3CCOCC3)c3c(c2C#N)CCN(Cc2ccccc2)C3)CC1. The van der Waals surface area contributed by atoms with Gasteiger partial charge in [-0.25, -0.2) is 4.98 Å². The topological polar surface area (TPSA) is 58.9 Å². The summed E-state index contributed by atoms with van der Waals surface area (Å²) in [6, 6.07) is 13.2. The average molecular weight is 447 g/mol. The van der Waals surface area contributed by atoms with Gasteiger partial charge in [0, 0.05) is 64.5 Å². The van der Waals surface area contributed by atoms with Crippen LogP contribution in [0, 0.1) is 11.3 Å². The minimum absolute atomic E-state index is 0.731. The number of pyridine rings is 1. The molecule has 3 aliphatic rings. The van der Waals surface area contributed by atoms with Gasteiger partial charge in [0.05, 0.1) is 18.8 Å². The van der Waals surface area contributed by atoms with Crippen LogP contribution in [0.3, 0.4) is 0 Å². The lowest BCUT2D eigenvalue weighted by Gasteiger charge is -2.39. The zero-order valence-electron chi connectivity index (χ0n) is 19.7. The minimum Gasteiger partial charge on any atom is -0.378 e. The van der Waals surface area contributed by atoms with Gasteiger partial charge in [-0.05, 0) is 24.1 Å². The number of rotatable bonds is 5. The monoisotopic (exact) mass is 446 g/mol. The summed E-state index contributed by atoms with van der Waals surface area (Å²) in [5.41, 5.74) is 4.58. The minimum atomic E-state index is 0.731. The molecule has 5 rings (SSSR count). The molecule has 7 heteroatoms. The summed E-state index contributed by atoms with van der Waals surface area (Å²) in [5, 5.41) is 10.2. The molecule has 1 aromatic carbocycles. The highest BCUT2D eigenvalue weighted by Crippen LogP contribution is 2.36. The molecule has 0 radical (unpaired) electrons. The molecule has 0 aliphatic carbocycles. The third-order valence-electron chi connectivity index (χ3n) is 7.22. The van der Waals surface area contributed by atoms with Crippen molar-refractivity contribution in [2.75, 3.05) is 75.4 Å². The molecule has 0 amide bonds. The Labute approximate surface area is 197 Å². The Balaban J connectivity index is 1.50. The molecule has 2 aromatic rings. The largest absolute Gasteiger partial charge is 0.378 e. The molecule has 1 aromatic heterocycles. The first-order valence-electron chi connectivity index (χ1n) is 12.3. The highest BCUT2D eigenvalue weighted by Gasteiger charge is 2.31. The van der Waals surface area contributed by atoms with Gasteiger partial charge in [0.2, 0.25) is 0 Å². The van der Waals surface area contributed by atoms with E-state index in [1.807, 2.05) is 0 Å². The zero-order chi connectivity index (χ0) is 22.6. The quantitative estimate of drug-likeness (QED) is 0.699. The fourth-order valence-corrected chi connectivity index (χ4v) is 5.29. The van der Waals surface area contributed by atoms with Crippen molar-refractivity contribution in [3.63, 3.8) is 0 Å². The van der Waals surface area contributed by atoms with E-state index in [9.17, 15) is 5.26 Å². The van der Waals surface area contributed by atoms with Crippen LogP contribution in [0.25, 0.3) is 0 Å². The third kappa shape index (κ3) is 4.70. The lowest BCUT2D eigenvalue weighted by Crippen LogP contribution is -2.47. The maximum absolute atomic E-state index is 10.2. The van der Waals surface area contributed by atoms with E-state index in [1.54, 1.807) is 0 Å². The number of aromatic nitrogens is 1. The van der Waals surface area contributed by atoms with Crippen molar-refractivity contribution in [3.05, 3.63) is 52.6 Å². The maximum atomic E-state index is 10.2. The van der Waals surface area contributed by atoms with Crippen LogP contribution in [0.4, 0.5) is 11.6 Å². The molecular formula is C26H34N6O. The summed E-state index contributed by atoms with van der Waals surface area (Å²) in [6.07, 6.45) is 0.896. The van der Waals surface area contributed by atoms with Gasteiger partial charge in [-0.3, -0.25) is 4.90 Å². The number of hydrogen-bond donors (Lipinski definition) is 0. The van der Waals surface area contributed by atoms with Gasteiger partial charge in [-0.1, -0.05) is 37.3 Å². The van der Waals surface area contributed by atoms with Gasteiger partial charge < -0.3 is 19.4 Å². The third-order valence-corrected chi connectivity index (χ3v) is 7.22. The van der Waals surface area contributed by atoms with E-state index < -0.39 is 0 Å². The van der Waals surface area contributed by atoms with Crippen LogP contribution < -0.4 is 9.80 Å². The summed E-state index contributed by atoms with van der Waals surface area (Å²) < 4.78 is 5.63. The standard InChI is InChI=1S/C26H34N6O/c1-2-29-10-12-31(13-11-29)25-23(18-27)22-8-9-30(19-21-6-4-3-5-7-21)20-24(22)26(28-25)32-14-16-33-17-15-32/h3-7H,2,8-17,19-20H2,1H3. The second-order valence-electron chi connectivity index (χ2n) is 9.17. The van der Waals surface area contributed by atoms with Gasteiger partial charge in [-0.15, -0.1) is 0 Å². The van der Waals surface area contributed by atoms with Crippen LogP contribution in [0.2, 0.25) is 0 Å². The number of anilines is 2. The van der Waals surface area contributed by atoms with Gasteiger partial charge in [-0.2, -0.15) is 5.26 Å². The van der Waals surface area contributed by atoms with E-state index in [4.69, 9.17) is 9.72 Å². The fourth-order valence-electron chi connectivity index (χ4n) is 5.29. The van der Waals surface area contributed by atoms with E-state index in [0.29, 0.717) is 0 Å². The number of morpholine rings is 1. The van der Waals surface area contributed by atoms with E-state index in [0.717, 1.165) is 102 Å². The number of nitrogens with zero attached hydrogens (tertiary/aromatic N) is 6. The van der Waals surface area contributed by atoms with Crippen LogP contribution in [0.5, 0.6) is 0 Å².